The second kappa shape index (κ2) is 9.22. The van der Waals surface area contributed by atoms with E-state index < -0.39 is 5.82 Å². The molecule has 2 aromatic carbocycles. The van der Waals surface area contributed by atoms with Crippen LogP contribution >= 0.6 is 11.3 Å². The van der Waals surface area contributed by atoms with E-state index in [1.54, 1.807) is 17.0 Å². The normalized spacial score (nSPS) is 16.1. The molecule has 1 aliphatic heterocycles. The summed E-state index contributed by atoms with van der Waals surface area (Å²) in [6, 6.07) is 13.2. The second-order valence-electron chi connectivity index (χ2n) is 7.46. The molecular formula is C22H22FN5O2S. The van der Waals surface area contributed by atoms with Gasteiger partial charge in [-0.2, -0.15) is 0 Å². The predicted octanol–water partition coefficient (Wildman–Crippen LogP) is 4.65. The van der Waals surface area contributed by atoms with Gasteiger partial charge >= 0.3 is 6.03 Å². The molecular weight excluding hydrogens is 417 g/mol. The summed E-state index contributed by atoms with van der Waals surface area (Å²) >= 11 is 1.24. The van der Waals surface area contributed by atoms with Crippen molar-refractivity contribution in [2.24, 2.45) is 0 Å². The Morgan fingerprint density at radius 2 is 1.87 bits per heavy atom. The summed E-state index contributed by atoms with van der Waals surface area (Å²) in [5.74, 6) is -0.797. The highest BCUT2D eigenvalue weighted by atomic mass is 32.1. The number of para-hydroxylation sites is 1. The number of anilines is 2. The number of hydrogen-bond donors (Lipinski definition) is 2. The van der Waals surface area contributed by atoms with E-state index in [9.17, 15) is 14.0 Å². The molecule has 160 valence electrons. The zero-order chi connectivity index (χ0) is 21.8. The number of piperidine rings is 1. The maximum absolute atomic E-state index is 13.8. The minimum Gasteiger partial charge on any atom is -0.324 e. The van der Waals surface area contributed by atoms with Crippen LogP contribution in [0.3, 0.4) is 0 Å². The van der Waals surface area contributed by atoms with Crippen molar-refractivity contribution in [2.45, 2.75) is 25.7 Å². The number of urea groups is 1. The van der Waals surface area contributed by atoms with Crippen molar-refractivity contribution in [1.82, 2.24) is 15.1 Å². The molecule has 1 aromatic heterocycles. The van der Waals surface area contributed by atoms with Crippen LogP contribution in [0.2, 0.25) is 0 Å². The predicted molar refractivity (Wildman–Crippen MR) is 118 cm³/mol. The first kappa shape index (κ1) is 20.9. The molecule has 2 N–H and O–H groups in total. The first-order chi connectivity index (χ1) is 15.0. The number of aromatic nitrogens is 2. The summed E-state index contributed by atoms with van der Waals surface area (Å²) in [7, 11) is 0. The molecule has 7 nitrogen and oxygen atoms in total. The van der Waals surface area contributed by atoms with Crippen LogP contribution in [0, 0.1) is 12.7 Å². The van der Waals surface area contributed by atoms with Crippen LogP contribution in [-0.4, -0.2) is 40.1 Å². The standard InChI is InChI=1S/C22H22FN5O2S/c1-14-8-10-16(11-9-14)24-19(29)21-27-26-20(31-21)15-5-4-12-28(13-15)22(30)25-18-7-3-2-6-17(18)23/h2-3,6-11,15H,4-5,12-13H2,1H3,(H,24,29)(H,25,30)/t15-/m1/s1. The van der Waals surface area contributed by atoms with Gasteiger partial charge in [0.15, 0.2) is 0 Å². The average Bonchev–Trinajstić information content (AvgIpc) is 3.28. The van der Waals surface area contributed by atoms with Crippen LogP contribution in [0.1, 0.15) is 39.1 Å². The maximum Gasteiger partial charge on any atom is 0.321 e. The largest absolute Gasteiger partial charge is 0.324 e. The zero-order valence-electron chi connectivity index (χ0n) is 17.0. The van der Waals surface area contributed by atoms with Gasteiger partial charge in [-0.05, 0) is 44.0 Å². The third-order valence-corrected chi connectivity index (χ3v) is 6.20. The van der Waals surface area contributed by atoms with Crippen molar-refractivity contribution in [1.29, 1.82) is 0 Å². The maximum atomic E-state index is 13.8. The number of nitrogens with one attached hydrogen (secondary N) is 2. The van der Waals surface area contributed by atoms with E-state index in [0.717, 1.165) is 23.4 Å². The number of hydrogen-bond acceptors (Lipinski definition) is 5. The molecule has 0 radical (unpaired) electrons. The molecule has 3 aromatic rings. The summed E-state index contributed by atoms with van der Waals surface area (Å²) in [4.78, 5) is 26.7. The molecule has 9 heteroatoms. The van der Waals surface area contributed by atoms with E-state index in [2.05, 4.69) is 20.8 Å². The smallest absolute Gasteiger partial charge is 0.321 e. The molecule has 0 bridgehead atoms. The number of nitrogens with zero attached hydrogens (tertiary/aromatic N) is 3. The molecule has 4 rings (SSSR count). The van der Waals surface area contributed by atoms with Crippen LogP contribution in [-0.2, 0) is 0 Å². The Balaban J connectivity index is 1.39. The highest BCUT2D eigenvalue weighted by molar-refractivity contribution is 7.13. The number of carbonyl (C=O) groups excluding carboxylic acids is 2. The topological polar surface area (TPSA) is 87.2 Å². The Labute approximate surface area is 183 Å². The fraction of sp³-hybridized carbons (Fsp3) is 0.273. The van der Waals surface area contributed by atoms with Crippen LogP contribution in [0.15, 0.2) is 48.5 Å². The molecule has 0 aliphatic carbocycles. The molecule has 2 heterocycles. The van der Waals surface area contributed by atoms with Crippen LogP contribution < -0.4 is 10.6 Å². The summed E-state index contributed by atoms with van der Waals surface area (Å²) in [6.45, 7) is 3.00. The zero-order valence-corrected chi connectivity index (χ0v) is 17.8. The van der Waals surface area contributed by atoms with E-state index in [1.165, 1.54) is 23.5 Å². The van der Waals surface area contributed by atoms with Gasteiger partial charge in [0.25, 0.3) is 5.91 Å². The van der Waals surface area contributed by atoms with Gasteiger partial charge in [-0.3, -0.25) is 4.79 Å². The van der Waals surface area contributed by atoms with Crippen molar-refractivity contribution in [3.8, 4) is 0 Å². The van der Waals surface area contributed by atoms with Gasteiger partial charge in [0.2, 0.25) is 5.01 Å². The molecule has 31 heavy (non-hydrogen) atoms. The highest BCUT2D eigenvalue weighted by Crippen LogP contribution is 2.30. The van der Waals surface area contributed by atoms with Gasteiger partial charge in [0, 0.05) is 24.7 Å². The minimum absolute atomic E-state index is 0.0152. The van der Waals surface area contributed by atoms with Crippen LogP contribution in [0.25, 0.3) is 0 Å². The first-order valence-corrected chi connectivity index (χ1v) is 10.8. The minimum atomic E-state index is -0.474. The number of likely N-dealkylation sites (tertiary alicyclic amines) is 1. The SMILES string of the molecule is Cc1ccc(NC(=O)c2nnc([C@@H]3CCCN(C(=O)Nc4ccccc4F)C3)s2)cc1. The molecule has 1 fully saturated rings. The molecule has 1 atom stereocenters. The molecule has 1 aliphatic rings. The molecule has 0 saturated carbocycles. The summed E-state index contributed by atoms with van der Waals surface area (Å²) in [5.41, 5.74) is 1.96. The third kappa shape index (κ3) is 5.05. The van der Waals surface area contributed by atoms with E-state index >= 15 is 0 Å². The van der Waals surface area contributed by atoms with E-state index in [0.29, 0.717) is 18.8 Å². The fourth-order valence-corrected chi connectivity index (χ4v) is 4.30. The lowest BCUT2D eigenvalue weighted by atomic mass is 9.99. The Morgan fingerprint density at radius 1 is 1.10 bits per heavy atom. The van der Waals surface area contributed by atoms with Gasteiger partial charge < -0.3 is 15.5 Å². The first-order valence-electron chi connectivity index (χ1n) is 10.0. The lowest BCUT2D eigenvalue weighted by Crippen LogP contribution is -2.41. The fourth-order valence-electron chi connectivity index (χ4n) is 3.43. The van der Waals surface area contributed by atoms with E-state index in [1.807, 2.05) is 31.2 Å². The molecule has 1 saturated heterocycles. The summed E-state index contributed by atoms with van der Waals surface area (Å²) < 4.78 is 13.8. The quantitative estimate of drug-likeness (QED) is 0.620. The van der Waals surface area contributed by atoms with Crippen molar-refractivity contribution < 1.29 is 14.0 Å². The molecule has 3 amide bonds. The van der Waals surface area contributed by atoms with E-state index in [4.69, 9.17) is 0 Å². The van der Waals surface area contributed by atoms with Crippen molar-refractivity contribution in [3.63, 3.8) is 0 Å². The highest BCUT2D eigenvalue weighted by Gasteiger charge is 2.28. The number of aryl methyl sites for hydroxylation is 1. The van der Waals surface area contributed by atoms with Gasteiger partial charge in [0.1, 0.15) is 10.8 Å². The van der Waals surface area contributed by atoms with E-state index in [-0.39, 0.29) is 28.6 Å². The average molecular weight is 440 g/mol. The van der Waals surface area contributed by atoms with Crippen molar-refractivity contribution >= 4 is 34.6 Å². The Hall–Kier alpha value is -3.33. The Kier molecular flexibility index (Phi) is 6.22. The second-order valence-corrected chi connectivity index (χ2v) is 8.47. The number of rotatable bonds is 4. The Bertz CT molecular complexity index is 1090. The molecule has 0 spiro atoms. The van der Waals surface area contributed by atoms with Gasteiger partial charge in [-0.25, -0.2) is 9.18 Å². The summed E-state index contributed by atoms with van der Waals surface area (Å²) in [5, 5.41) is 14.7. The number of benzene rings is 2. The lowest BCUT2D eigenvalue weighted by molar-refractivity contribution is 0.102. The van der Waals surface area contributed by atoms with Crippen LogP contribution in [0.5, 0.6) is 0 Å². The van der Waals surface area contributed by atoms with Gasteiger partial charge in [0.05, 0.1) is 5.69 Å². The van der Waals surface area contributed by atoms with Gasteiger partial charge in [-0.1, -0.05) is 41.2 Å². The van der Waals surface area contributed by atoms with Crippen LogP contribution in [0.4, 0.5) is 20.6 Å². The summed E-state index contributed by atoms with van der Waals surface area (Å²) in [6.07, 6.45) is 1.64. The third-order valence-electron chi connectivity index (χ3n) is 5.12. The van der Waals surface area contributed by atoms with Gasteiger partial charge in [-0.15, -0.1) is 10.2 Å². The van der Waals surface area contributed by atoms with Crippen molar-refractivity contribution in [3.05, 3.63) is 69.9 Å². The number of halogens is 1. The molecule has 0 unspecified atom stereocenters. The number of amides is 3. The van der Waals surface area contributed by atoms with Crippen molar-refractivity contribution in [2.75, 3.05) is 23.7 Å². The monoisotopic (exact) mass is 439 g/mol. The lowest BCUT2D eigenvalue weighted by Gasteiger charge is -2.31. The number of carbonyl (C=O) groups is 2. The Morgan fingerprint density at radius 3 is 2.65 bits per heavy atom.